The van der Waals surface area contributed by atoms with E-state index in [1.807, 2.05) is 4.90 Å². The molecule has 2 atom stereocenters. The van der Waals surface area contributed by atoms with Gasteiger partial charge in [0, 0.05) is 25.2 Å². The van der Waals surface area contributed by atoms with Crippen LogP contribution in [-0.4, -0.2) is 48.5 Å². The summed E-state index contributed by atoms with van der Waals surface area (Å²) in [4.78, 5) is 1.91. The van der Waals surface area contributed by atoms with Crippen LogP contribution >= 0.6 is 0 Å². The average Bonchev–Trinajstić information content (AvgIpc) is 2.32. The van der Waals surface area contributed by atoms with E-state index in [1.54, 1.807) is 0 Å². The maximum absolute atomic E-state index is 11.9. The molecular weight excluding hydrogens is 147 g/mol. The standard InChI is InChI=1S/C7H15FN2O/c8-1-2-10-4-6(9)3-7(10)5-11/h6-7,11H,1-5,9H2. The van der Waals surface area contributed by atoms with Gasteiger partial charge in [-0.1, -0.05) is 0 Å². The van der Waals surface area contributed by atoms with Gasteiger partial charge in [-0.25, -0.2) is 4.39 Å². The second-order valence-electron chi connectivity index (χ2n) is 3.02. The van der Waals surface area contributed by atoms with Gasteiger partial charge in [0.2, 0.25) is 0 Å². The van der Waals surface area contributed by atoms with Crippen molar-refractivity contribution in [3.8, 4) is 0 Å². The molecule has 1 saturated heterocycles. The highest BCUT2D eigenvalue weighted by Crippen LogP contribution is 2.14. The SMILES string of the molecule is NC1CC(CO)N(CCF)C1. The molecule has 1 rings (SSSR count). The number of nitrogens with two attached hydrogens (primary N) is 1. The number of rotatable bonds is 3. The third kappa shape index (κ3) is 2.12. The van der Waals surface area contributed by atoms with Crippen LogP contribution in [0.4, 0.5) is 4.39 Å². The molecule has 3 nitrogen and oxygen atoms in total. The zero-order valence-corrected chi connectivity index (χ0v) is 6.54. The summed E-state index contributed by atoms with van der Waals surface area (Å²) in [6.45, 7) is 0.852. The number of hydrogen-bond acceptors (Lipinski definition) is 3. The Bertz CT molecular complexity index is 123. The molecule has 1 aliphatic rings. The van der Waals surface area contributed by atoms with E-state index in [9.17, 15) is 4.39 Å². The van der Waals surface area contributed by atoms with E-state index in [-0.39, 0.29) is 25.4 Å². The van der Waals surface area contributed by atoms with Crippen molar-refractivity contribution in [3.63, 3.8) is 0 Å². The van der Waals surface area contributed by atoms with Gasteiger partial charge in [0.15, 0.2) is 0 Å². The second kappa shape index (κ2) is 3.99. The molecule has 0 radical (unpaired) electrons. The fraction of sp³-hybridized carbons (Fsp3) is 1.00. The molecule has 0 aromatic carbocycles. The van der Waals surface area contributed by atoms with Gasteiger partial charge in [-0.3, -0.25) is 4.90 Å². The first-order valence-electron chi connectivity index (χ1n) is 3.94. The molecule has 0 aromatic rings. The summed E-state index contributed by atoms with van der Waals surface area (Å²) in [5.74, 6) is 0. The van der Waals surface area contributed by atoms with E-state index in [4.69, 9.17) is 10.8 Å². The molecule has 0 aliphatic carbocycles. The van der Waals surface area contributed by atoms with Gasteiger partial charge < -0.3 is 10.8 Å². The van der Waals surface area contributed by atoms with Crippen LogP contribution in [0.15, 0.2) is 0 Å². The van der Waals surface area contributed by atoms with Gasteiger partial charge in [-0.05, 0) is 6.42 Å². The van der Waals surface area contributed by atoms with Crippen LogP contribution < -0.4 is 5.73 Å². The van der Waals surface area contributed by atoms with Gasteiger partial charge in [-0.15, -0.1) is 0 Å². The Kier molecular flexibility index (Phi) is 3.23. The molecule has 3 N–H and O–H groups in total. The Morgan fingerprint density at radius 1 is 1.64 bits per heavy atom. The molecule has 1 heterocycles. The van der Waals surface area contributed by atoms with Crippen molar-refractivity contribution in [3.05, 3.63) is 0 Å². The van der Waals surface area contributed by atoms with Crippen molar-refractivity contribution in [2.45, 2.75) is 18.5 Å². The lowest BCUT2D eigenvalue weighted by molar-refractivity contribution is 0.151. The first-order valence-corrected chi connectivity index (χ1v) is 3.94. The number of nitrogens with zero attached hydrogens (tertiary/aromatic N) is 1. The molecule has 1 fully saturated rings. The minimum Gasteiger partial charge on any atom is -0.395 e. The minimum atomic E-state index is -0.358. The molecule has 11 heavy (non-hydrogen) atoms. The van der Waals surface area contributed by atoms with E-state index in [1.165, 1.54) is 0 Å². The topological polar surface area (TPSA) is 49.5 Å². The Hall–Kier alpha value is -0.190. The highest BCUT2D eigenvalue weighted by atomic mass is 19.1. The lowest BCUT2D eigenvalue weighted by atomic mass is 10.2. The first kappa shape index (κ1) is 8.90. The molecule has 1 aliphatic heterocycles. The second-order valence-corrected chi connectivity index (χ2v) is 3.02. The number of likely N-dealkylation sites (tertiary alicyclic amines) is 1. The third-order valence-corrected chi connectivity index (χ3v) is 2.14. The fourth-order valence-electron chi connectivity index (χ4n) is 1.60. The summed E-state index contributed by atoms with van der Waals surface area (Å²) in [5, 5.41) is 8.86. The molecule has 0 bridgehead atoms. The summed E-state index contributed by atoms with van der Waals surface area (Å²) in [7, 11) is 0. The van der Waals surface area contributed by atoms with Crippen LogP contribution in [-0.2, 0) is 0 Å². The van der Waals surface area contributed by atoms with Crippen molar-refractivity contribution >= 4 is 0 Å². The highest BCUT2D eigenvalue weighted by Gasteiger charge is 2.28. The van der Waals surface area contributed by atoms with Gasteiger partial charge in [0.1, 0.15) is 6.67 Å². The summed E-state index contributed by atoms with van der Waals surface area (Å²) in [5.41, 5.74) is 5.65. The first-order chi connectivity index (χ1) is 5.27. The largest absolute Gasteiger partial charge is 0.395 e. The highest BCUT2D eigenvalue weighted by molar-refractivity contribution is 4.86. The van der Waals surface area contributed by atoms with Crippen molar-refractivity contribution in [1.29, 1.82) is 0 Å². The molecular formula is C7H15FN2O. The minimum absolute atomic E-state index is 0.0840. The van der Waals surface area contributed by atoms with E-state index in [0.29, 0.717) is 6.54 Å². The van der Waals surface area contributed by atoms with Crippen molar-refractivity contribution in [1.82, 2.24) is 4.90 Å². The number of alkyl halides is 1. The summed E-state index contributed by atoms with van der Waals surface area (Å²) < 4.78 is 11.9. The van der Waals surface area contributed by atoms with Crippen LogP contribution in [0.25, 0.3) is 0 Å². The van der Waals surface area contributed by atoms with Gasteiger partial charge in [-0.2, -0.15) is 0 Å². The Morgan fingerprint density at radius 2 is 2.36 bits per heavy atom. The van der Waals surface area contributed by atoms with E-state index < -0.39 is 0 Å². The van der Waals surface area contributed by atoms with Crippen LogP contribution in [0, 0.1) is 0 Å². The predicted molar refractivity (Wildman–Crippen MR) is 41.0 cm³/mol. The lowest BCUT2D eigenvalue weighted by Gasteiger charge is -2.20. The smallest absolute Gasteiger partial charge is 0.102 e. The maximum atomic E-state index is 11.9. The van der Waals surface area contributed by atoms with Gasteiger partial charge >= 0.3 is 0 Å². The number of halogens is 1. The van der Waals surface area contributed by atoms with Crippen LogP contribution in [0.1, 0.15) is 6.42 Å². The molecule has 4 heteroatoms. The van der Waals surface area contributed by atoms with E-state index in [2.05, 4.69) is 0 Å². The zero-order valence-electron chi connectivity index (χ0n) is 6.54. The van der Waals surface area contributed by atoms with E-state index >= 15 is 0 Å². The summed E-state index contributed by atoms with van der Waals surface area (Å²) in [6, 6.07) is 0.194. The summed E-state index contributed by atoms with van der Waals surface area (Å²) >= 11 is 0. The van der Waals surface area contributed by atoms with E-state index in [0.717, 1.165) is 13.0 Å². The Balaban J connectivity index is 2.37. The molecule has 0 saturated carbocycles. The number of aliphatic hydroxyl groups excluding tert-OH is 1. The Labute approximate surface area is 66.0 Å². The van der Waals surface area contributed by atoms with Crippen molar-refractivity contribution in [2.24, 2.45) is 5.73 Å². The van der Waals surface area contributed by atoms with Gasteiger partial charge in [0.25, 0.3) is 0 Å². The summed E-state index contributed by atoms with van der Waals surface area (Å²) in [6.07, 6.45) is 0.788. The third-order valence-electron chi connectivity index (χ3n) is 2.14. The Morgan fingerprint density at radius 3 is 2.91 bits per heavy atom. The monoisotopic (exact) mass is 162 g/mol. The maximum Gasteiger partial charge on any atom is 0.102 e. The quantitative estimate of drug-likeness (QED) is 0.580. The number of aliphatic hydroxyl groups is 1. The molecule has 0 amide bonds. The predicted octanol–water partition coefficient (Wildman–Crippen LogP) is -0.650. The van der Waals surface area contributed by atoms with Crippen molar-refractivity contribution < 1.29 is 9.50 Å². The van der Waals surface area contributed by atoms with Crippen molar-refractivity contribution in [2.75, 3.05) is 26.4 Å². The average molecular weight is 162 g/mol. The fourth-order valence-corrected chi connectivity index (χ4v) is 1.60. The van der Waals surface area contributed by atoms with Crippen LogP contribution in [0.2, 0.25) is 0 Å². The van der Waals surface area contributed by atoms with Crippen LogP contribution in [0.5, 0.6) is 0 Å². The van der Waals surface area contributed by atoms with Crippen LogP contribution in [0.3, 0.4) is 0 Å². The van der Waals surface area contributed by atoms with Gasteiger partial charge in [0.05, 0.1) is 6.61 Å². The molecule has 66 valence electrons. The molecule has 2 unspecified atom stereocenters. The zero-order chi connectivity index (χ0) is 8.27. The number of hydrogen-bond donors (Lipinski definition) is 2. The normalized spacial score (nSPS) is 33.0. The lowest BCUT2D eigenvalue weighted by Crippen LogP contribution is -2.34. The molecule has 0 aromatic heterocycles. The molecule has 0 spiro atoms.